The van der Waals surface area contributed by atoms with Crippen LogP contribution in [0.25, 0.3) is 0 Å². The van der Waals surface area contributed by atoms with Gasteiger partial charge in [0.15, 0.2) is 10.6 Å². The van der Waals surface area contributed by atoms with Crippen LogP contribution in [0.2, 0.25) is 0 Å². The summed E-state index contributed by atoms with van der Waals surface area (Å²) < 4.78 is 2.20. The molecule has 0 unspecified atom stereocenters. The van der Waals surface area contributed by atoms with Gasteiger partial charge in [0.2, 0.25) is 11.8 Å². The average molecular weight is 339 g/mol. The Morgan fingerprint density at radius 3 is 2.70 bits per heavy atom. The van der Waals surface area contributed by atoms with Crippen molar-refractivity contribution < 1.29 is 9.59 Å². The van der Waals surface area contributed by atoms with Crippen molar-refractivity contribution in [3.8, 4) is 0 Å². The van der Waals surface area contributed by atoms with E-state index in [9.17, 15) is 9.59 Å². The van der Waals surface area contributed by atoms with Gasteiger partial charge in [-0.05, 0) is 37.9 Å². The molecular weight excluding hydrogens is 314 g/mol. The van der Waals surface area contributed by atoms with Crippen molar-refractivity contribution in [1.82, 2.24) is 25.4 Å². The summed E-state index contributed by atoms with van der Waals surface area (Å²) in [7, 11) is 1.78. The molecule has 128 valence electrons. The van der Waals surface area contributed by atoms with Gasteiger partial charge in [0.05, 0.1) is 6.54 Å². The Bertz CT molecular complexity index is 603. The van der Waals surface area contributed by atoms with E-state index in [0.29, 0.717) is 22.9 Å². The van der Waals surface area contributed by atoms with Crippen molar-refractivity contribution in [2.24, 2.45) is 13.0 Å². The normalized spacial score (nSPS) is 16.8. The Morgan fingerprint density at radius 1 is 1.39 bits per heavy atom. The van der Waals surface area contributed by atoms with Gasteiger partial charge >= 0.3 is 0 Å². The molecule has 0 bridgehead atoms. The van der Waals surface area contributed by atoms with Crippen LogP contribution < -0.4 is 10.6 Å². The highest BCUT2D eigenvalue weighted by Crippen LogP contribution is 2.26. The Labute approximate surface area is 141 Å². The first-order valence-electron chi connectivity index (χ1n) is 8.14. The first-order valence-corrected chi connectivity index (χ1v) is 8.55. The largest absolute Gasteiger partial charge is 0.347 e. The Morgan fingerprint density at radius 2 is 2.09 bits per heavy atom. The van der Waals surface area contributed by atoms with Crippen LogP contribution in [0, 0.1) is 10.7 Å². The maximum absolute atomic E-state index is 12.1. The SMILES string of the molecule is C[C@H](NC(=O)CC1CCCCC1)C(=O)NCc1n[nH]c(=S)n1C. The molecule has 1 saturated carbocycles. The Hall–Kier alpha value is -1.70. The molecular formula is C15H25N5O2S. The molecule has 2 amide bonds. The van der Waals surface area contributed by atoms with E-state index in [1.807, 2.05) is 0 Å². The minimum atomic E-state index is -0.557. The van der Waals surface area contributed by atoms with Crippen LogP contribution in [0.4, 0.5) is 0 Å². The predicted molar refractivity (Wildman–Crippen MR) is 89.0 cm³/mol. The molecule has 1 atom stereocenters. The van der Waals surface area contributed by atoms with Crippen LogP contribution in [-0.4, -0.2) is 32.6 Å². The third-order valence-electron chi connectivity index (χ3n) is 4.36. The van der Waals surface area contributed by atoms with Gasteiger partial charge in [-0.15, -0.1) is 0 Å². The summed E-state index contributed by atoms with van der Waals surface area (Å²) in [6, 6.07) is -0.557. The van der Waals surface area contributed by atoms with Crippen molar-refractivity contribution in [3.63, 3.8) is 0 Å². The molecule has 1 heterocycles. The highest BCUT2D eigenvalue weighted by Gasteiger charge is 2.20. The molecule has 0 radical (unpaired) electrons. The van der Waals surface area contributed by atoms with Crippen LogP contribution in [0.1, 0.15) is 51.3 Å². The molecule has 8 heteroatoms. The summed E-state index contributed by atoms with van der Waals surface area (Å²) in [5.41, 5.74) is 0. The summed E-state index contributed by atoms with van der Waals surface area (Å²) in [5, 5.41) is 12.2. The van der Waals surface area contributed by atoms with Gasteiger partial charge in [0.25, 0.3) is 0 Å². The zero-order valence-corrected chi connectivity index (χ0v) is 14.5. The number of aromatic amines is 1. The number of carbonyl (C=O) groups is 2. The van der Waals surface area contributed by atoms with Crippen molar-refractivity contribution in [2.75, 3.05) is 0 Å². The number of rotatable bonds is 6. The lowest BCUT2D eigenvalue weighted by atomic mass is 9.87. The van der Waals surface area contributed by atoms with Gasteiger partial charge in [-0.1, -0.05) is 19.3 Å². The maximum Gasteiger partial charge on any atom is 0.242 e. The van der Waals surface area contributed by atoms with Gasteiger partial charge in [-0.2, -0.15) is 5.10 Å². The molecule has 1 fully saturated rings. The van der Waals surface area contributed by atoms with Gasteiger partial charge in [0.1, 0.15) is 6.04 Å². The minimum absolute atomic E-state index is 0.0438. The molecule has 1 aromatic heterocycles. The van der Waals surface area contributed by atoms with Crippen molar-refractivity contribution in [3.05, 3.63) is 10.6 Å². The maximum atomic E-state index is 12.1. The first-order chi connectivity index (χ1) is 11.0. The van der Waals surface area contributed by atoms with Crippen LogP contribution in [0.15, 0.2) is 0 Å². The number of aromatic nitrogens is 3. The molecule has 1 aromatic rings. The molecule has 7 nitrogen and oxygen atoms in total. The molecule has 3 N–H and O–H groups in total. The van der Waals surface area contributed by atoms with Crippen LogP contribution in [0.5, 0.6) is 0 Å². The third-order valence-corrected chi connectivity index (χ3v) is 4.73. The highest BCUT2D eigenvalue weighted by molar-refractivity contribution is 7.71. The van der Waals surface area contributed by atoms with Gasteiger partial charge in [0, 0.05) is 13.5 Å². The lowest BCUT2D eigenvalue weighted by Crippen LogP contribution is -2.45. The molecule has 0 spiro atoms. The van der Waals surface area contributed by atoms with E-state index in [1.165, 1.54) is 19.3 Å². The van der Waals surface area contributed by atoms with Crippen LogP contribution >= 0.6 is 12.2 Å². The second-order valence-electron chi connectivity index (χ2n) is 6.22. The average Bonchev–Trinajstić information content (AvgIpc) is 2.85. The Balaban J connectivity index is 1.74. The number of nitrogens with zero attached hydrogens (tertiary/aromatic N) is 2. The van der Waals surface area contributed by atoms with Gasteiger partial charge in [-0.3, -0.25) is 14.7 Å². The summed E-state index contributed by atoms with van der Waals surface area (Å²) in [4.78, 5) is 24.1. The fraction of sp³-hybridized carbons (Fsp3) is 0.733. The van der Waals surface area contributed by atoms with Crippen molar-refractivity contribution in [2.45, 2.75) is 58.0 Å². The third kappa shape index (κ3) is 5.16. The smallest absolute Gasteiger partial charge is 0.242 e. The van der Waals surface area contributed by atoms with Crippen molar-refractivity contribution in [1.29, 1.82) is 0 Å². The fourth-order valence-electron chi connectivity index (χ4n) is 2.88. The van der Waals surface area contributed by atoms with Crippen LogP contribution in [0.3, 0.4) is 0 Å². The minimum Gasteiger partial charge on any atom is -0.347 e. The number of hydrogen-bond acceptors (Lipinski definition) is 4. The molecule has 0 aliphatic heterocycles. The van der Waals surface area contributed by atoms with Crippen molar-refractivity contribution >= 4 is 24.0 Å². The highest BCUT2D eigenvalue weighted by atomic mass is 32.1. The fourth-order valence-corrected chi connectivity index (χ4v) is 3.03. The van der Waals surface area contributed by atoms with Gasteiger partial charge in [-0.25, -0.2) is 0 Å². The molecule has 0 saturated heterocycles. The standard InChI is InChI=1S/C15H25N5O2S/c1-10(17-13(21)8-11-6-4-3-5-7-11)14(22)16-9-12-18-19-15(23)20(12)2/h10-11H,3-9H2,1-2H3,(H,16,22)(H,17,21)(H,19,23)/t10-/m0/s1. The predicted octanol–water partition coefficient (Wildman–Crippen LogP) is 1.57. The number of H-pyrrole nitrogens is 1. The number of hydrogen-bond donors (Lipinski definition) is 3. The van der Waals surface area contributed by atoms with E-state index >= 15 is 0 Å². The van der Waals surface area contributed by atoms with E-state index < -0.39 is 6.04 Å². The van der Waals surface area contributed by atoms with Crippen LogP contribution in [-0.2, 0) is 23.2 Å². The number of amides is 2. The van der Waals surface area contributed by atoms with E-state index in [0.717, 1.165) is 12.8 Å². The van der Waals surface area contributed by atoms with Gasteiger partial charge < -0.3 is 15.2 Å². The van der Waals surface area contributed by atoms with E-state index in [4.69, 9.17) is 12.2 Å². The molecule has 0 aromatic carbocycles. The second-order valence-corrected chi connectivity index (χ2v) is 6.61. The molecule has 1 aliphatic rings. The monoisotopic (exact) mass is 339 g/mol. The lowest BCUT2D eigenvalue weighted by Gasteiger charge is -2.22. The Kier molecular flexibility index (Phi) is 6.32. The zero-order chi connectivity index (χ0) is 16.8. The van der Waals surface area contributed by atoms with E-state index in [1.54, 1.807) is 18.5 Å². The quantitative estimate of drug-likeness (QED) is 0.686. The summed E-state index contributed by atoms with van der Waals surface area (Å²) in [6.45, 7) is 1.96. The molecule has 2 rings (SSSR count). The lowest BCUT2D eigenvalue weighted by molar-refractivity contribution is -0.129. The zero-order valence-electron chi connectivity index (χ0n) is 13.7. The summed E-state index contributed by atoms with van der Waals surface area (Å²) in [5.74, 6) is 0.838. The summed E-state index contributed by atoms with van der Waals surface area (Å²) in [6.07, 6.45) is 6.44. The topological polar surface area (TPSA) is 91.8 Å². The van der Waals surface area contributed by atoms with E-state index in [2.05, 4.69) is 20.8 Å². The molecule has 1 aliphatic carbocycles. The van der Waals surface area contributed by atoms with E-state index in [-0.39, 0.29) is 18.4 Å². The number of carbonyl (C=O) groups excluding carboxylic acids is 2. The number of nitrogens with one attached hydrogen (secondary N) is 3. The second kappa shape index (κ2) is 8.24. The molecule has 23 heavy (non-hydrogen) atoms. The summed E-state index contributed by atoms with van der Waals surface area (Å²) >= 11 is 5.02. The first kappa shape index (κ1) is 17.7.